The number of rotatable bonds is 10. The van der Waals surface area contributed by atoms with Crippen LogP contribution in [0, 0.1) is 0 Å². The molecule has 0 bridgehead atoms. The Kier molecular flexibility index (Phi) is 8.24. The van der Waals surface area contributed by atoms with Crippen LogP contribution >= 0.6 is 0 Å². The summed E-state index contributed by atoms with van der Waals surface area (Å²) in [5.41, 5.74) is 2.42. The van der Waals surface area contributed by atoms with Gasteiger partial charge in [0, 0.05) is 19.0 Å². The minimum Gasteiger partial charge on any atom is -0.338 e. The molecule has 3 rings (SSSR count). The van der Waals surface area contributed by atoms with Crippen LogP contribution in [-0.4, -0.2) is 33.3 Å². The van der Waals surface area contributed by atoms with Gasteiger partial charge in [-0.2, -0.15) is 0 Å². The highest BCUT2D eigenvalue weighted by Crippen LogP contribution is 2.27. The van der Waals surface area contributed by atoms with Crippen LogP contribution in [0.3, 0.4) is 0 Å². The molecule has 0 heterocycles. The third-order valence-corrected chi connectivity index (χ3v) is 6.92. The van der Waals surface area contributed by atoms with Crippen molar-refractivity contribution < 1.29 is 13.2 Å². The number of urea groups is 1. The van der Waals surface area contributed by atoms with Crippen LogP contribution in [0.15, 0.2) is 95.9 Å². The van der Waals surface area contributed by atoms with Crippen LogP contribution in [-0.2, 0) is 9.84 Å². The first kappa shape index (κ1) is 22.6. The molecule has 162 valence electrons. The van der Waals surface area contributed by atoms with Gasteiger partial charge in [-0.05, 0) is 36.1 Å². The average molecular weight is 437 g/mol. The molecule has 0 spiro atoms. The summed E-state index contributed by atoms with van der Waals surface area (Å²) in [6, 6.07) is 28.6. The lowest BCUT2D eigenvalue weighted by Gasteiger charge is -2.18. The number of carbonyl (C=O) groups is 1. The number of amides is 2. The molecule has 0 aliphatic heterocycles. The minimum atomic E-state index is -3.32. The van der Waals surface area contributed by atoms with E-state index in [4.69, 9.17) is 0 Å². The van der Waals surface area contributed by atoms with E-state index in [0.29, 0.717) is 24.4 Å². The topological polar surface area (TPSA) is 75.3 Å². The van der Waals surface area contributed by atoms with Crippen molar-refractivity contribution in [3.05, 3.63) is 102 Å². The second kappa shape index (κ2) is 11.3. The maximum Gasteiger partial charge on any atom is 0.314 e. The van der Waals surface area contributed by atoms with E-state index in [2.05, 4.69) is 34.9 Å². The molecule has 2 amide bonds. The van der Waals surface area contributed by atoms with Gasteiger partial charge in [0.1, 0.15) is 0 Å². The van der Waals surface area contributed by atoms with Crippen molar-refractivity contribution in [1.82, 2.24) is 10.6 Å². The van der Waals surface area contributed by atoms with Crippen LogP contribution in [0.1, 0.15) is 29.9 Å². The van der Waals surface area contributed by atoms with E-state index in [1.54, 1.807) is 30.3 Å². The molecule has 0 aromatic heterocycles. The Bertz CT molecular complexity index is 1000. The van der Waals surface area contributed by atoms with Crippen molar-refractivity contribution >= 4 is 15.9 Å². The van der Waals surface area contributed by atoms with E-state index in [1.807, 2.05) is 36.4 Å². The van der Waals surface area contributed by atoms with Gasteiger partial charge in [-0.15, -0.1) is 0 Å². The first-order chi connectivity index (χ1) is 15.1. The summed E-state index contributed by atoms with van der Waals surface area (Å²) in [6.07, 6.45) is 1.13. The van der Waals surface area contributed by atoms with E-state index in [9.17, 15) is 13.2 Å². The molecule has 3 aromatic carbocycles. The predicted molar refractivity (Wildman–Crippen MR) is 124 cm³/mol. The normalized spacial score (nSPS) is 11.3. The monoisotopic (exact) mass is 436 g/mol. The van der Waals surface area contributed by atoms with Gasteiger partial charge in [0.2, 0.25) is 0 Å². The van der Waals surface area contributed by atoms with Crippen LogP contribution in [0.2, 0.25) is 0 Å². The molecule has 0 aliphatic carbocycles. The van der Waals surface area contributed by atoms with Gasteiger partial charge in [-0.3, -0.25) is 0 Å². The molecular formula is C25H28N2O3S. The second-order valence-corrected chi connectivity index (χ2v) is 9.44. The number of sulfone groups is 1. The van der Waals surface area contributed by atoms with Crippen LogP contribution in [0.5, 0.6) is 0 Å². The molecule has 0 fully saturated rings. The Morgan fingerprint density at radius 2 is 1.19 bits per heavy atom. The van der Waals surface area contributed by atoms with Crippen molar-refractivity contribution in [3.8, 4) is 0 Å². The van der Waals surface area contributed by atoms with Crippen LogP contribution in [0.25, 0.3) is 0 Å². The van der Waals surface area contributed by atoms with Gasteiger partial charge >= 0.3 is 6.03 Å². The lowest BCUT2D eigenvalue weighted by molar-refractivity contribution is 0.240. The van der Waals surface area contributed by atoms with Crippen LogP contribution < -0.4 is 10.6 Å². The van der Waals surface area contributed by atoms with Gasteiger partial charge in [-0.25, -0.2) is 13.2 Å². The van der Waals surface area contributed by atoms with Crippen molar-refractivity contribution in [3.63, 3.8) is 0 Å². The Labute approximate surface area is 184 Å². The second-order valence-electron chi connectivity index (χ2n) is 7.33. The van der Waals surface area contributed by atoms with Gasteiger partial charge in [-0.1, -0.05) is 78.9 Å². The van der Waals surface area contributed by atoms with Gasteiger partial charge in [0.05, 0.1) is 10.6 Å². The summed E-state index contributed by atoms with van der Waals surface area (Å²) < 4.78 is 24.5. The Hall–Kier alpha value is -3.12. The molecule has 6 heteroatoms. The van der Waals surface area contributed by atoms with Crippen molar-refractivity contribution in [1.29, 1.82) is 0 Å². The maximum atomic E-state index is 12.3. The van der Waals surface area contributed by atoms with E-state index in [0.717, 1.165) is 6.42 Å². The zero-order valence-corrected chi connectivity index (χ0v) is 18.2. The maximum absolute atomic E-state index is 12.3. The Morgan fingerprint density at radius 1 is 0.710 bits per heavy atom. The zero-order valence-electron chi connectivity index (χ0n) is 17.4. The van der Waals surface area contributed by atoms with Crippen LogP contribution in [0.4, 0.5) is 4.79 Å². The molecule has 0 saturated heterocycles. The highest BCUT2D eigenvalue weighted by atomic mass is 32.2. The molecule has 31 heavy (non-hydrogen) atoms. The summed E-state index contributed by atoms with van der Waals surface area (Å²) in [5.74, 6) is 0.195. The quantitative estimate of drug-likeness (QED) is 0.464. The van der Waals surface area contributed by atoms with Crippen molar-refractivity contribution in [2.45, 2.75) is 23.7 Å². The molecule has 5 nitrogen and oxygen atoms in total. The molecule has 3 aromatic rings. The minimum absolute atomic E-state index is 0.00137. The molecule has 0 unspecified atom stereocenters. The van der Waals surface area contributed by atoms with Crippen molar-refractivity contribution in [2.75, 3.05) is 18.8 Å². The predicted octanol–water partition coefficient (Wildman–Crippen LogP) is 4.37. The van der Waals surface area contributed by atoms with E-state index >= 15 is 0 Å². The third kappa shape index (κ3) is 6.96. The molecule has 0 atom stereocenters. The fourth-order valence-electron chi connectivity index (χ4n) is 3.50. The zero-order chi connectivity index (χ0) is 21.9. The van der Waals surface area contributed by atoms with Gasteiger partial charge < -0.3 is 10.6 Å². The smallest absolute Gasteiger partial charge is 0.314 e. The Balaban J connectivity index is 1.43. The number of nitrogens with one attached hydrogen (secondary N) is 2. The molecule has 2 N–H and O–H groups in total. The lowest BCUT2D eigenvalue weighted by Crippen LogP contribution is -2.37. The first-order valence-electron chi connectivity index (χ1n) is 10.5. The number of hydrogen-bond acceptors (Lipinski definition) is 3. The fraction of sp³-hybridized carbons (Fsp3) is 0.240. The summed E-state index contributed by atoms with van der Waals surface area (Å²) in [7, 11) is -3.32. The Morgan fingerprint density at radius 3 is 1.74 bits per heavy atom. The van der Waals surface area contributed by atoms with Gasteiger partial charge in [0.25, 0.3) is 0 Å². The summed E-state index contributed by atoms with van der Waals surface area (Å²) in [6.45, 7) is 0.821. The third-order valence-electron chi connectivity index (χ3n) is 5.10. The van der Waals surface area contributed by atoms with E-state index in [-0.39, 0.29) is 17.7 Å². The fourth-order valence-corrected chi connectivity index (χ4v) is 4.83. The van der Waals surface area contributed by atoms with Crippen molar-refractivity contribution in [2.24, 2.45) is 0 Å². The summed E-state index contributed by atoms with van der Waals surface area (Å²) in [4.78, 5) is 12.4. The van der Waals surface area contributed by atoms with E-state index < -0.39 is 9.84 Å². The first-order valence-corrected chi connectivity index (χ1v) is 12.1. The number of carbonyl (C=O) groups excluding carboxylic acids is 1. The molecule has 0 saturated carbocycles. The highest BCUT2D eigenvalue weighted by Gasteiger charge is 2.15. The number of benzene rings is 3. The molecular weight excluding hydrogens is 408 g/mol. The largest absolute Gasteiger partial charge is 0.338 e. The highest BCUT2D eigenvalue weighted by molar-refractivity contribution is 7.91. The van der Waals surface area contributed by atoms with Gasteiger partial charge in [0.15, 0.2) is 9.84 Å². The SMILES string of the molecule is O=C(NCCCS(=O)(=O)c1ccccc1)NCCC(c1ccccc1)c1ccccc1. The average Bonchev–Trinajstić information content (AvgIpc) is 2.81. The number of hydrogen-bond donors (Lipinski definition) is 2. The summed E-state index contributed by atoms with van der Waals surface area (Å²) >= 11 is 0. The summed E-state index contributed by atoms with van der Waals surface area (Å²) in [5, 5.41) is 5.63. The molecule has 0 radical (unpaired) electrons. The van der Waals surface area contributed by atoms with E-state index in [1.165, 1.54) is 11.1 Å². The standard InChI is InChI=1S/C25H28N2O3S/c28-25(26-18-10-20-31(29,30)23-15-8-3-9-16-23)27-19-17-24(21-11-4-1-5-12-21)22-13-6-2-7-14-22/h1-9,11-16,24H,10,17-20H2,(H2,26,27,28). The molecule has 0 aliphatic rings. The lowest BCUT2D eigenvalue weighted by atomic mass is 9.88.